The van der Waals surface area contributed by atoms with Gasteiger partial charge in [-0.2, -0.15) is 0 Å². The molecule has 0 aliphatic rings. The van der Waals surface area contributed by atoms with Crippen LogP contribution in [0.3, 0.4) is 0 Å². The van der Waals surface area contributed by atoms with Crippen LogP contribution in [0.2, 0.25) is 0 Å². The van der Waals surface area contributed by atoms with Crippen LogP contribution in [-0.4, -0.2) is 28.3 Å². The summed E-state index contributed by atoms with van der Waals surface area (Å²) in [6.07, 6.45) is 5.24. The summed E-state index contributed by atoms with van der Waals surface area (Å²) >= 11 is 0. The molecule has 0 spiro atoms. The molecule has 2 aromatic rings. The van der Waals surface area contributed by atoms with Gasteiger partial charge in [0.2, 0.25) is 11.8 Å². The lowest BCUT2D eigenvalue weighted by Gasteiger charge is -2.08. The highest BCUT2D eigenvalue weighted by Crippen LogP contribution is 2.21. The quantitative estimate of drug-likeness (QED) is 0.738. The Morgan fingerprint density at radius 2 is 2.17 bits per heavy atom. The molecular weight excluding hydrogens is 234 g/mol. The molecule has 0 saturated heterocycles. The van der Waals surface area contributed by atoms with Crippen molar-refractivity contribution in [1.82, 2.24) is 15.0 Å². The van der Waals surface area contributed by atoms with Crippen LogP contribution in [0.5, 0.6) is 11.8 Å². The lowest BCUT2D eigenvalue weighted by molar-refractivity contribution is 0.111. The van der Waals surface area contributed by atoms with E-state index < -0.39 is 0 Å². The average molecular weight is 245 g/mol. The Kier molecular flexibility index (Phi) is 3.80. The molecule has 0 aromatic carbocycles. The minimum atomic E-state index is 0.195. The van der Waals surface area contributed by atoms with E-state index in [9.17, 15) is 4.79 Å². The first-order valence-corrected chi connectivity index (χ1v) is 5.21. The highest BCUT2D eigenvalue weighted by molar-refractivity contribution is 5.81. The van der Waals surface area contributed by atoms with Crippen LogP contribution >= 0.6 is 0 Å². The summed E-state index contributed by atoms with van der Waals surface area (Å²) in [6.45, 7) is 0.273. The van der Waals surface area contributed by atoms with Crippen molar-refractivity contribution in [3.05, 3.63) is 42.0 Å². The van der Waals surface area contributed by atoms with Crippen molar-refractivity contribution in [2.75, 3.05) is 7.11 Å². The fourth-order valence-corrected chi connectivity index (χ4v) is 1.38. The maximum atomic E-state index is 11.0. The molecule has 0 aliphatic carbocycles. The highest BCUT2D eigenvalue weighted by Gasteiger charge is 2.12. The summed E-state index contributed by atoms with van der Waals surface area (Å²) < 4.78 is 10.4. The Hall–Kier alpha value is -2.50. The van der Waals surface area contributed by atoms with Gasteiger partial charge in [0.1, 0.15) is 18.5 Å². The number of methoxy groups -OCH3 is 1. The molecule has 0 saturated carbocycles. The van der Waals surface area contributed by atoms with Crippen LogP contribution in [0.4, 0.5) is 0 Å². The van der Waals surface area contributed by atoms with Crippen LogP contribution < -0.4 is 9.47 Å². The van der Waals surface area contributed by atoms with Gasteiger partial charge in [-0.1, -0.05) is 6.07 Å². The van der Waals surface area contributed by atoms with Gasteiger partial charge in [0, 0.05) is 18.0 Å². The van der Waals surface area contributed by atoms with E-state index in [1.165, 1.54) is 13.4 Å². The molecule has 0 aliphatic heterocycles. The van der Waals surface area contributed by atoms with Gasteiger partial charge in [-0.15, -0.1) is 0 Å². The Labute approximate surface area is 104 Å². The number of hydrogen-bond donors (Lipinski definition) is 0. The lowest BCUT2D eigenvalue weighted by atomic mass is 10.3. The maximum Gasteiger partial charge on any atom is 0.231 e. The molecule has 18 heavy (non-hydrogen) atoms. The molecule has 0 unspecified atom stereocenters. The molecule has 0 fully saturated rings. The number of aldehydes is 1. The third-order valence-electron chi connectivity index (χ3n) is 2.22. The van der Waals surface area contributed by atoms with Gasteiger partial charge in [0.15, 0.2) is 6.29 Å². The first-order valence-electron chi connectivity index (χ1n) is 5.21. The van der Waals surface area contributed by atoms with Gasteiger partial charge in [-0.25, -0.2) is 9.97 Å². The second-order valence-corrected chi connectivity index (χ2v) is 3.37. The van der Waals surface area contributed by atoms with E-state index >= 15 is 0 Å². The van der Waals surface area contributed by atoms with Crippen molar-refractivity contribution in [2.45, 2.75) is 6.61 Å². The predicted molar refractivity (Wildman–Crippen MR) is 62.5 cm³/mol. The second-order valence-electron chi connectivity index (χ2n) is 3.37. The summed E-state index contributed by atoms with van der Waals surface area (Å²) in [7, 11) is 1.43. The summed E-state index contributed by atoms with van der Waals surface area (Å²) in [4.78, 5) is 22.7. The Morgan fingerprint density at radius 3 is 2.83 bits per heavy atom. The molecule has 0 bridgehead atoms. The van der Waals surface area contributed by atoms with E-state index in [1.54, 1.807) is 18.5 Å². The zero-order valence-corrected chi connectivity index (χ0v) is 9.74. The van der Waals surface area contributed by atoms with E-state index in [1.807, 2.05) is 6.07 Å². The molecule has 0 amide bonds. The third-order valence-corrected chi connectivity index (χ3v) is 2.22. The minimum Gasteiger partial charge on any atom is -0.480 e. The normalized spacial score (nSPS) is 9.83. The number of carbonyl (C=O) groups is 1. The molecule has 92 valence electrons. The van der Waals surface area contributed by atoms with E-state index in [-0.39, 0.29) is 23.9 Å². The highest BCUT2D eigenvalue weighted by atomic mass is 16.5. The topological polar surface area (TPSA) is 74.2 Å². The number of ether oxygens (including phenoxy) is 2. The molecular formula is C12H11N3O3. The summed E-state index contributed by atoms with van der Waals surface area (Å²) in [5.74, 6) is 0.391. The largest absolute Gasteiger partial charge is 0.480 e. The smallest absolute Gasteiger partial charge is 0.231 e. The Bertz CT molecular complexity index is 531. The Morgan fingerprint density at radius 1 is 1.33 bits per heavy atom. The third kappa shape index (κ3) is 2.60. The summed E-state index contributed by atoms with van der Waals surface area (Å²) in [5, 5.41) is 0. The minimum absolute atomic E-state index is 0.195. The summed E-state index contributed by atoms with van der Waals surface area (Å²) in [5.41, 5.74) is 1.08. The number of rotatable bonds is 5. The first kappa shape index (κ1) is 12.0. The fraction of sp³-hybridized carbons (Fsp3) is 0.167. The van der Waals surface area contributed by atoms with Gasteiger partial charge in [-0.05, 0) is 6.07 Å². The maximum absolute atomic E-state index is 11.0. The van der Waals surface area contributed by atoms with Crippen LogP contribution in [0.1, 0.15) is 15.9 Å². The molecule has 6 heteroatoms. The van der Waals surface area contributed by atoms with Crippen LogP contribution in [0.15, 0.2) is 30.9 Å². The van der Waals surface area contributed by atoms with E-state index in [4.69, 9.17) is 9.47 Å². The lowest BCUT2D eigenvalue weighted by Crippen LogP contribution is -2.03. The van der Waals surface area contributed by atoms with Crippen molar-refractivity contribution >= 4 is 6.29 Å². The first-order chi connectivity index (χ1) is 8.85. The van der Waals surface area contributed by atoms with Crippen LogP contribution in [0, 0.1) is 0 Å². The van der Waals surface area contributed by atoms with Gasteiger partial charge < -0.3 is 9.47 Å². The SMILES string of the molecule is COc1ncnc(OCc2cccnc2)c1C=O. The molecule has 2 aromatic heterocycles. The van der Waals surface area contributed by atoms with Gasteiger partial charge >= 0.3 is 0 Å². The van der Waals surface area contributed by atoms with Crippen molar-refractivity contribution < 1.29 is 14.3 Å². The van der Waals surface area contributed by atoms with E-state index in [0.29, 0.717) is 6.29 Å². The standard InChI is InChI=1S/C12H11N3O3/c1-17-11-10(6-16)12(15-8-14-11)18-7-9-3-2-4-13-5-9/h2-6,8H,7H2,1H3. The number of hydrogen-bond acceptors (Lipinski definition) is 6. The second kappa shape index (κ2) is 5.72. The number of nitrogens with zero attached hydrogens (tertiary/aromatic N) is 3. The molecule has 2 heterocycles. The number of pyridine rings is 1. The van der Waals surface area contributed by atoms with Crippen molar-refractivity contribution in [3.63, 3.8) is 0 Å². The van der Waals surface area contributed by atoms with Gasteiger partial charge in [0.25, 0.3) is 0 Å². The molecule has 2 rings (SSSR count). The number of aromatic nitrogens is 3. The molecule has 0 N–H and O–H groups in total. The Balaban J connectivity index is 2.17. The van der Waals surface area contributed by atoms with Crippen molar-refractivity contribution in [2.24, 2.45) is 0 Å². The zero-order valence-electron chi connectivity index (χ0n) is 9.74. The molecule has 0 atom stereocenters. The van der Waals surface area contributed by atoms with Gasteiger partial charge in [-0.3, -0.25) is 9.78 Å². The zero-order chi connectivity index (χ0) is 12.8. The summed E-state index contributed by atoms with van der Waals surface area (Å²) in [6, 6.07) is 3.67. The van der Waals surface area contributed by atoms with Crippen LogP contribution in [0.25, 0.3) is 0 Å². The fourth-order valence-electron chi connectivity index (χ4n) is 1.38. The van der Waals surface area contributed by atoms with Crippen molar-refractivity contribution in [3.8, 4) is 11.8 Å². The number of carbonyl (C=O) groups excluding carboxylic acids is 1. The van der Waals surface area contributed by atoms with E-state index in [0.717, 1.165) is 5.56 Å². The molecule has 0 radical (unpaired) electrons. The molecule has 6 nitrogen and oxygen atoms in total. The van der Waals surface area contributed by atoms with Crippen LogP contribution in [-0.2, 0) is 6.61 Å². The predicted octanol–water partition coefficient (Wildman–Crippen LogP) is 1.27. The van der Waals surface area contributed by atoms with E-state index in [2.05, 4.69) is 15.0 Å². The van der Waals surface area contributed by atoms with Gasteiger partial charge in [0.05, 0.1) is 7.11 Å². The van der Waals surface area contributed by atoms with Crippen molar-refractivity contribution in [1.29, 1.82) is 0 Å². The average Bonchev–Trinajstić information content (AvgIpc) is 2.45. The monoisotopic (exact) mass is 245 g/mol.